The molecule has 20 heavy (non-hydrogen) atoms. The summed E-state index contributed by atoms with van der Waals surface area (Å²) < 4.78 is 5.06. The lowest BCUT2D eigenvalue weighted by molar-refractivity contribution is 0.178. The second-order valence-corrected chi connectivity index (χ2v) is 4.78. The van der Waals surface area contributed by atoms with Gasteiger partial charge in [0.2, 0.25) is 0 Å². The fraction of sp³-hybridized carbons (Fsp3) is 0.333. The molecule has 0 atom stereocenters. The average molecular weight is 272 g/mol. The number of nitrogen functional groups attached to an aromatic ring is 1. The van der Waals surface area contributed by atoms with Gasteiger partial charge in [0.1, 0.15) is 18.2 Å². The van der Waals surface area contributed by atoms with Crippen molar-refractivity contribution in [2.24, 2.45) is 0 Å². The summed E-state index contributed by atoms with van der Waals surface area (Å²) in [5.74, 6) is 1.85. The molecule has 0 aliphatic rings. The topological polar surface area (TPSA) is 64.3 Å². The highest BCUT2D eigenvalue weighted by atomic mass is 16.5. The third-order valence-electron chi connectivity index (χ3n) is 3.11. The lowest BCUT2D eigenvalue weighted by Crippen LogP contribution is -2.19. The molecule has 5 heteroatoms. The van der Waals surface area contributed by atoms with Crippen molar-refractivity contribution in [2.45, 2.75) is 20.1 Å². The molecule has 0 radical (unpaired) electrons. The van der Waals surface area contributed by atoms with E-state index in [2.05, 4.69) is 33.9 Å². The van der Waals surface area contributed by atoms with Crippen LogP contribution in [0.5, 0.6) is 0 Å². The number of ether oxygens (including phenoxy) is 1. The Morgan fingerprint density at radius 1 is 1.25 bits per heavy atom. The van der Waals surface area contributed by atoms with Gasteiger partial charge in [0.05, 0.1) is 0 Å². The molecule has 0 fully saturated rings. The standard InChI is InChI=1S/C15H20N4O/c1-11-6-4-5-7-12(11)9-19(2)15-8-13(16)17-14(18-15)10-20-3/h4-8H,9-10H2,1-3H3,(H2,16,17,18). The zero-order valence-corrected chi connectivity index (χ0v) is 12.1. The molecule has 0 aliphatic heterocycles. The van der Waals surface area contributed by atoms with E-state index < -0.39 is 0 Å². The minimum atomic E-state index is 0.357. The SMILES string of the molecule is COCc1nc(N)cc(N(C)Cc2ccccc2C)n1. The van der Waals surface area contributed by atoms with Crippen LogP contribution in [-0.4, -0.2) is 24.1 Å². The molecule has 2 rings (SSSR count). The number of methoxy groups -OCH3 is 1. The van der Waals surface area contributed by atoms with Crippen LogP contribution >= 0.6 is 0 Å². The average Bonchev–Trinajstić information content (AvgIpc) is 2.41. The van der Waals surface area contributed by atoms with Gasteiger partial charge < -0.3 is 15.4 Å². The Kier molecular flexibility index (Phi) is 4.53. The van der Waals surface area contributed by atoms with E-state index in [4.69, 9.17) is 10.5 Å². The third-order valence-corrected chi connectivity index (χ3v) is 3.11. The van der Waals surface area contributed by atoms with Crippen LogP contribution in [0.25, 0.3) is 0 Å². The maximum atomic E-state index is 5.82. The summed E-state index contributed by atoms with van der Waals surface area (Å²) in [5, 5.41) is 0. The monoisotopic (exact) mass is 272 g/mol. The Morgan fingerprint density at radius 2 is 2.00 bits per heavy atom. The van der Waals surface area contributed by atoms with Crippen LogP contribution in [0.1, 0.15) is 17.0 Å². The first-order valence-electron chi connectivity index (χ1n) is 6.48. The van der Waals surface area contributed by atoms with E-state index >= 15 is 0 Å². The number of hydrogen-bond donors (Lipinski definition) is 1. The zero-order valence-electron chi connectivity index (χ0n) is 12.1. The Balaban J connectivity index is 2.20. The molecular formula is C15H20N4O. The second-order valence-electron chi connectivity index (χ2n) is 4.78. The van der Waals surface area contributed by atoms with Gasteiger partial charge in [-0.1, -0.05) is 24.3 Å². The van der Waals surface area contributed by atoms with E-state index in [1.54, 1.807) is 13.2 Å². The molecule has 2 aromatic rings. The number of nitrogens with two attached hydrogens (primary N) is 1. The molecule has 1 aromatic heterocycles. The molecule has 0 saturated heterocycles. The molecule has 0 unspecified atom stereocenters. The van der Waals surface area contributed by atoms with Crippen molar-refractivity contribution in [2.75, 3.05) is 24.8 Å². The van der Waals surface area contributed by atoms with Gasteiger partial charge >= 0.3 is 0 Å². The molecule has 0 amide bonds. The number of aromatic nitrogens is 2. The highest BCUT2D eigenvalue weighted by molar-refractivity contribution is 5.47. The molecule has 2 N–H and O–H groups in total. The number of anilines is 2. The van der Waals surface area contributed by atoms with E-state index in [9.17, 15) is 0 Å². The fourth-order valence-corrected chi connectivity index (χ4v) is 2.02. The Hall–Kier alpha value is -2.14. The lowest BCUT2D eigenvalue weighted by atomic mass is 10.1. The van der Waals surface area contributed by atoms with Crippen LogP contribution in [0.15, 0.2) is 30.3 Å². The molecule has 5 nitrogen and oxygen atoms in total. The van der Waals surface area contributed by atoms with Crippen molar-refractivity contribution >= 4 is 11.6 Å². The van der Waals surface area contributed by atoms with Crippen molar-refractivity contribution in [1.29, 1.82) is 0 Å². The van der Waals surface area contributed by atoms with Gasteiger partial charge in [-0.3, -0.25) is 0 Å². The van der Waals surface area contributed by atoms with E-state index in [0.717, 1.165) is 12.4 Å². The summed E-state index contributed by atoms with van der Waals surface area (Å²) in [4.78, 5) is 10.7. The summed E-state index contributed by atoms with van der Waals surface area (Å²) in [7, 11) is 3.61. The first-order chi connectivity index (χ1) is 9.60. The minimum absolute atomic E-state index is 0.357. The van der Waals surface area contributed by atoms with Crippen molar-refractivity contribution in [1.82, 2.24) is 9.97 Å². The first kappa shape index (κ1) is 14.3. The fourth-order valence-electron chi connectivity index (χ4n) is 2.02. The summed E-state index contributed by atoms with van der Waals surface area (Å²) in [6.07, 6.45) is 0. The maximum absolute atomic E-state index is 5.82. The molecule has 0 spiro atoms. The largest absolute Gasteiger partial charge is 0.384 e. The number of benzene rings is 1. The van der Waals surface area contributed by atoms with Crippen molar-refractivity contribution in [3.05, 3.63) is 47.3 Å². The van der Waals surface area contributed by atoms with Gasteiger partial charge in [0, 0.05) is 26.8 Å². The molecule has 0 bridgehead atoms. The number of nitrogens with zero attached hydrogens (tertiary/aromatic N) is 3. The summed E-state index contributed by atoms with van der Waals surface area (Å²) in [6, 6.07) is 10.1. The van der Waals surface area contributed by atoms with Gasteiger partial charge in [-0.15, -0.1) is 0 Å². The van der Waals surface area contributed by atoms with Gasteiger partial charge in [0.25, 0.3) is 0 Å². The van der Waals surface area contributed by atoms with Crippen LogP contribution < -0.4 is 10.6 Å². The second kappa shape index (κ2) is 6.34. The van der Waals surface area contributed by atoms with E-state index in [0.29, 0.717) is 18.2 Å². The van der Waals surface area contributed by atoms with Gasteiger partial charge in [-0.2, -0.15) is 0 Å². The molecule has 0 saturated carbocycles. The number of hydrogen-bond acceptors (Lipinski definition) is 5. The summed E-state index contributed by atoms with van der Waals surface area (Å²) >= 11 is 0. The summed E-state index contributed by atoms with van der Waals surface area (Å²) in [5.41, 5.74) is 8.34. The van der Waals surface area contributed by atoms with Crippen LogP contribution in [0.2, 0.25) is 0 Å². The number of rotatable bonds is 5. The van der Waals surface area contributed by atoms with Gasteiger partial charge in [-0.05, 0) is 18.1 Å². The highest BCUT2D eigenvalue weighted by Gasteiger charge is 2.09. The van der Waals surface area contributed by atoms with Crippen LogP contribution in [-0.2, 0) is 17.9 Å². The van der Waals surface area contributed by atoms with E-state index in [-0.39, 0.29) is 0 Å². The molecular weight excluding hydrogens is 252 g/mol. The predicted molar refractivity (Wildman–Crippen MR) is 80.4 cm³/mol. The Morgan fingerprint density at radius 3 is 2.70 bits per heavy atom. The lowest BCUT2D eigenvalue weighted by Gasteiger charge is -2.20. The molecule has 1 heterocycles. The first-order valence-corrected chi connectivity index (χ1v) is 6.48. The normalized spacial score (nSPS) is 10.6. The van der Waals surface area contributed by atoms with E-state index in [1.807, 2.05) is 19.2 Å². The maximum Gasteiger partial charge on any atom is 0.158 e. The van der Waals surface area contributed by atoms with Crippen LogP contribution in [0.4, 0.5) is 11.6 Å². The minimum Gasteiger partial charge on any atom is -0.384 e. The van der Waals surface area contributed by atoms with Crippen molar-refractivity contribution < 1.29 is 4.74 Å². The summed E-state index contributed by atoms with van der Waals surface area (Å²) in [6.45, 7) is 3.24. The Bertz CT molecular complexity index is 586. The quantitative estimate of drug-likeness (QED) is 0.903. The third kappa shape index (κ3) is 3.45. The molecule has 106 valence electrons. The van der Waals surface area contributed by atoms with Crippen molar-refractivity contribution in [3.8, 4) is 0 Å². The van der Waals surface area contributed by atoms with Crippen LogP contribution in [0, 0.1) is 6.92 Å². The Labute approximate surface area is 119 Å². The number of aryl methyl sites for hydroxylation is 1. The van der Waals surface area contributed by atoms with E-state index in [1.165, 1.54) is 11.1 Å². The smallest absolute Gasteiger partial charge is 0.158 e. The van der Waals surface area contributed by atoms with Crippen molar-refractivity contribution in [3.63, 3.8) is 0 Å². The molecule has 0 aliphatic carbocycles. The van der Waals surface area contributed by atoms with Crippen LogP contribution in [0.3, 0.4) is 0 Å². The highest BCUT2D eigenvalue weighted by Crippen LogP contribution is 2.17. The van der Waals surface area contributed by atoms with Gasteiger partial charge in [-0.25, -0.2) is 9.97 Å². The van der Waals surface area contributed by atoms with Gasteiger partial charge in [0.15, 0.2) is 5.82 Å². The molecule has 1 aromatic carbocycles. The predicted octanol–water partition coefficient (Wildman–Crippen LogP) is 2.15. The zero-order chi connectivity index (χ0) is 14.5.